The van der Waals surface area contributed by atoms with Gasteiger partial charge in [-0.1, -0.05) is 13.3 Å². The number of amides is 2. The van der Waals surface area contributed by atoms with Crippen LogP contribution in [0.4, 0.5) is 25.4 Å². The highest BCUT2D eigenvalue weighted by atomic mass is 19.1. The molecule has 0 unspecified atom stereocenters. The van der Waals surface area contributed by atoms with Crippen molar-refractivity contribution < 1.29 is 32.7 Å². The lowest BCUT2D eigenvalue weighted by atomic mass is 10.2. The Bertz CT molecular complexity index is 956. The van der Waals surface area contributed by atoms with Crippen LogP contribution in [0, 0.1) is 5.82 Å². The van der Waals surface area contributed by atoms with Gasteiger partial charge in [0.2, 0.25) is 0 Å². The van der Waals surface area contributed by atoms with Crippen molar-refractivity contribution in [3.8, 4) is 5.88 Å². The summed E-state index contributed by atoms with van der Waals surface area (Å²) in [7, 11) is 0. The standard InChI is InChI=1S/C22H27FN4O6/c1-2-3-9-30-21(28)24-15-6-8-26(12-15)19-5-4-16(11-18(19)23)27-13-17(33-22(27)29)14-31-20-7-10-32-25-20/h4-5,7,10-11,15,17H,2-3,6,8-9,12-14H2,1H3,(H,24,28)/t15-,17-/m1/s1. The summed E-state index contributed by atoms with van der Waals surface area (Å²) in [5.41, 5.74) is 0.819. The molecule has 0 spiro atoms. The second kappa shape index (κ2) is 10.4. The lowest BCUT2D eigenvalue weighted by Crippen LogP contribution is -2.37. The summed E-state index contributed by atoms with van der Waals surface area (Å²) in [4.78, 5) is 27.4. The molecule has 1 aromatic heterocycles. The Morgan fingerprint density at radius 2 is 2.21 bits per heavy atom. The van der Waals surface area contributed by atoms with Gasteiger partial charge in [0.15, 0.2) is 6.10 Å². The van der Waals surface area contributed by atoms with Gasteiger partial charge in [-0.15, -0.1) is 0 Å². The lowest BCUT2D eigenvalue weighted by Gasteiger charge is -2.21. The van der Waals surface area contributed by atoms with E-state index in [0.29, 0.717) is 43.4 Å². The molecule has 1 aromatic carbocycles. The molecular formula is C22H27FN4O6. The SMILES string of the molecule is CCCCOC(=O)N[C@@H]1CCN(c2ccc(N3C[C@H](COc4ccon4)OC3=O)cc2F)C1. The van der Waals surface area contributed by atoms with E-state index in [1.54, 1.807) is 18.2 Å². The largest absolute Gasteiger partial charge is 0.471 e. The molecule has 4 rings (SSSR count). The smallest absolute Gasteiger partial charge is 0.414 e. The summed E-state index contributed by atoms with van der Waals surface area (Å²) in [6, 6.07) is 6.07. The zero-order valence-electron chi connectivity index (χ0n) is 18.4. The Morgan fingerprint density at radius 3 is 2.97 bits per heavy atom. The molecule has 33 heavy (non-hydrogen) atoms. The number of cyclic esters (lactones) is 1. The quantitative estimate of drug-likeness (QED) is 0.566. The van der Waals surface area contributed by atoms with Gasteiger partial charge in [0.05, 0.1) is 30.6 Å². The van der Waals surface area contributed by atoms with Crippen molar-refractivity contribution in [1.82, 2.24) is 10.5 Å². The van der Waals surface area contributed by atoms with Gasteiger partial charge in [0.25, 0.3) is 5.88 Å². The molecule has 178 valence electrons. The van der Waals surface area contributed by atoms with Crippen molar-refractivity contribution >= 4 is 23.6 Å². The van der Waals surface area contributed by atoms with Crippen LogP contribution >= 0.6 is 0 Å². The predicted molar refractivity (Wildman–Crippen MR) is 116 cm³/mol. The number of benzene rings is 1. The van der Waals surface area contributed by atoms with Gasteiger partial charge in [-0.3, -0.25) is 4.90 Å². The highest BCUT2D eigenvalue weighted by molar-refractivity contribution is 5.90. The molecule has 2 aromatic rings. The molecule has 1 N–H and O–H groups in total. The number of nitrogens with zero attached hydrogens (tertiary/aromatic N) is 3. The minimum absolute atomic E-state index is 0.110. The maximum atomic E-state index is 14.9. The molecule has 3 heterocycles. The third kappa shape index (κ3) is 5.65. The van der Waals surface area contributed by atoms with Crippen LogP contribution in [0.3, 0.4) is 0 Å². The highest BCUT2D eigenvalue weighted by Crippen LogP contribution is 2.30. The average Bonchev–Trinajstić information content (AvgIpc) is 3.54. The fourth-order valence-corrected chi connectivity index (χ4v) is 3.81. The fourth-order valence-electron chi connectivity index (χ4n) is 3.81. The number of rotatable bonds is 9. The van der Waals surface area contributed by atoms with Crippen molar-refractivity contribution in [2.45, 2.75) is 38.3 Å². The number of hydrogen-bond acceptors (Lipinski definition) is 8. The number of alkyl carbamates (subject to hydrolysis) is 1. The van der Waals surface area contributed by atoms with Crippen molar-refractivity contribution in [3.63, 3.8) is 0 Å². The molecule has 0 bridgehead atoms. The molecule has 10 nitrogen and oxygen atoms in total. The van der Waals surface area contributed by atoms with E-state index in [2.05, 4.69) is 15.0 Å². The normalized spacial score (nSPS) is 20.1. The molecule has 0 aliphatic carbocycles. The Kier molecular flexibility index (Phi) is 7.16. The molecule has 2 amide bonds. The number of carbonyl (C=O) groups excluding carboxylic acids is 2. The van der Waals surface area contributed by atoms with Crippen LogP contribution in [-0.4, -0.2) is 62.3 Å². The first-order chi connectivity index (χ1) is 16.0. The van der Waals surface area contributed by atoms with Crippen LogP contribution in [0.2, 0.25) is 0 Å². The average molecular weight is 462 g/mol. The number of nitrogens with one attached hydrogen (secondary N) is 1. The van der Waals surface area contributed by atoms with E-state index in [0.717, 1.165) is 12.8 Å². The van der Waals surface area contributed by atoms with E-state index in [1.165, 1.54) is 17.2 Å². The molecule has 11 heteroatoms. The van der Waals surface area contributed by atoms with Gasteiger partial charge in [-0.2, -0.15) is 0 Å². The van der Waals surface area contributed by atoms with Crippen LogP contribution in [0.25, 0.3) is 0 Å². The second-order valence-corrected chi connectivity index (χ2v) is 7.97. The molecule has 2 atom stereocenters. The fraction of sp³-hybridized carbons (Fsp3) is 0.500. The third-order valence-electron chi connectivity index (χ3n) is 5.53. The van der Waals surface area contributed by atoms with E-state index in [4.69, 9.17) is 14.2 Å². The minimum atomic E-state index is -0.567. The van der Waals surface area contributed by atoms with E-state index < -0.39 is 24.1 Å². The Morgan fingerprint density at radius 1 is 1.33 bits per heavy atom. The summed E-state index contributed by atoms with van der Waals surface area (Å²) in [5, 5.41) is 6.46. The molecule has 0 saturated carbocycles. The zero-order valence-corrected chi connectivity index (χ0v) is 18.4. The first-order valence-corrected chi connectivity index (χ1v) is 11.0. The van der Waals surface area contributed by atoms with Crippen molar-refractivity contribution in [2.24, 2.45) is 0 Å². The van der Waals surface area contributed by atoms with E-state index in [9.17, 15) is 14.0 Å². The van der Waals surface area contributed by atoms with E-state index in [1.807, 2.05) is 11.8 Å². The number of carbonyl (C=O) groups is 2. The first kappa shape index (κ1) is 22.7. The van der Waals surface area contributed by atoms with Gasteiger partial charge < -0.3 is 29.0 Å². The monoisotopic (exact) mass is 462 g/mol. The number of halogens is 1. The van der Waals surface area contributed by atoms with Crippen LogP contribution in [0.1, 0.15) is 26.2 Å². The topological polar surface area (TPSA) is 106 Å². The van der Waals surface area contributed by atoms with Crippen molar-refractivity contribution in [3.05, 3.63) is 36.3 Å². The second-order valence-electron chi connectivity index (χ2n) is 7.97. The Hall–Kier alpha value is -3.50. The number of ether oxygens (including phenoxy) is 3. The molecular weight excluding hydrogens is 435 g/mol. The van der Waals surface area contributed by atoms with E-state index in [-0.39, 0.29) is 19.2 Å². The Labute approximate surface area is 190 Å². The summed E-state index contributed by atoms with van der Waals surface area (Å²) in [5.74, 6) is -0.152. The summed E-state index contributed by atoms with van der Waals surface area (Å²) in [6.45, 7) is 3.83. The van der Waals surface area contributed by atoms with Gasteiger partial charge in [0.1, 0.15) is 18.7 Å². The summed E-state index contributed by atoms with van der Waals surface area (Å²) >= 11 is 0. The van der Waals surface area contributed by atoms with Crippen LogP contribution in [-0.2, 0) is 9.47 Å². The van der Waals surface area contributed by atoms with E-state index >= 15 is 0 Å². The van der Waals surface area contributed by atoms with Gasteiger partial charge in [0, 0.05) is 19.2 Å². The van der Waals surface area contributed by atoms with Crippen LogP contribution in [0.5, 0.6) is 5.88 Å². The summed E-state index contributed by atoms with van der Waals surface area (Å²) in [6.07, 6.45) is 2.32. The maximum Gasteiger partial charge on any atom is 0.414 e. The Balaban J connectivity index is 1.31. The van der Waals surface area contributed by atoms with Crippen molar-refractivity contribution in [2.75, 3.05) is 42.6 Å². The molecule has 0 radical (unpaired) electrons. The molecule has 2 saturated heterocycles. The number of unbranched alkanes of at least 4 members (excludes halogenated alkanes) is 1. The third-order valence-corrected chi connectivity index (χ3v) is 5.53. The number of anilines is 2. The first-order valence-electron chi connectivity index (χ1n) is 11.0. The van der Waals surface area contributed by atoms with Crippen molar-refractivity contribution in [1.29, 1.82) is 0 Å². The minimum Gasteiger partial charge on any atom is -0.471 e. The lowest BCUT2D eigenvalue weighted by molar-refractivity contribution is 0.101. The number of hydrogen-bond donors (Lipinski definition) is 1. The zero-order chi connectivity index (χ0) is 23.2. The predicted octanol–water partition coefficient (Wildman–Crippen LogP) is 3.32. The molecule has 2 fully saturated rings. The van der Waals surface area contributed by atoms with Crippen LogP contribution < -0.4 is 19.9 Å². The van der Waals surface area contributed by atoms with Gasteiger partial charge in [-0.25, -0.2) is 14.0 Å². The molecule has 2 aliphatic rings. The maximum absolute atomic E-state index is 14.9. The van der Waals surface area contributed by atoms with Gasteiger partial charge in [-0.05, 0) is 36.2 Å². The van der Waals surface area contributed by atoms with Gasteiger partial charge >= 0.3 is 12.2 Å². The highest BCUT2D eigenvalue weighted by Gasteiger charge is 2.34. The molecule has 2 aliphatic heterocycles. The number of aromatic nitrogens is 1. The summed E-state index contributed by atoms with van der Waals surface area (Å²) < 4.78 is 35.5. The van der Waals surface area contributed by atoms with Crippen LogP contribution in [0.15, 0.2) is 35.1 Å².